The molecule has 1 saturated heterocycles. The zero-order chi connectivity index (χ0) is 16.3. The van der Waals surface area contributed by atoms with Gasteiger partial charge in [-0.1, -0.05) is 43.4 Å². The summed E-state index contributed by atoms with van der Waals surface area (Å²) in [5.74, 6) is 3.49. The Morgan fingerprint density at radius 2 is 2.09 bits per heavy atom. The number of para-hydroxylation sites is 1. The topological polar surface area (TPSA) is 41.6 Å². The first-order valence-corrected chi connectivity index (χ1v) is 8.46. The smallest absolute Gasteiger partial charge is 0.244 e. The van der Waals surface area contributed by atoms with Crippen molar-refractivity contribution in [3.63, 3.8) is 0 Å². The highest BCUT2D eigenvalue weighted by Crippen LogP contribution is 2.41. The van der Waals surface area contributed by atoms with E-state index in [4.69, 9.17) is 11.2 Å². The number of nitrogens with zero attached hydrogens (tertiary/aromatic N) is 1. The van der Waals surface area contributed by atoms with Crippen LogP contribution in [0, 0.1) is 12.3 Å². The number of hydrogen-bond donors (Lipinski definition) is 1. The van der Waals surface area contributed by atoms with Crippen LogP contribution >= 0.6 is 0 Å². The van der Waals surface area contributed by atoms with Gasteiger partial charge in [0.1, 0.15) is 18.5 Å². The van der Waals surface area contributed by atoms with Gasteiger partial charge in [-0.25, -0.2) is 0 Å². The zero-order valence-electron chi connectivity index (χ0n) is 13.7. The first-order chi connectivity index (χ1) is 11.2. The molecule has 4 heteroatoms. The SMILES string of the molecule is C#CCOc1ccccc1C1NC2(CCCCC2)C(=O)N1CC. The molecule has 3 rings (SSSR count). The summed E-state index contributed by atoms with van der Waals surface area (Å²) in [4.78, 5) is 14.9. The van der Waals surface area contributed by atoms with E-state index >= 15 is 0 Å². The van der Waals surface area contributed by atoms with E-state index in [1.165, 1.54) is 6.42 Å². The number of nitrogens with one attached hydrogen (secondary N) is 1. The third kappa shape index (κ3) is 2.82. The molecule has 1 aromatic rings. The fourth-order valence-electron chi connectivity index (χ4n) is 3.84. The summed E-state index contributed by atoms with van der Waals surface area (Å²) in [6, 6.07) is 7.84. The number of likely N-dealkylation sites (N-methyl/N-ethyl adjacent to an activating group) is 1. The van der Waals surface area contributed by atoms with Crippen LogP contribution in [0.5, 0.6) is 5.75 Å². The second-order valence-electron chi connectivity index (χ2n) is 6.31. The quantitative estimate of drug-likeness (QED) is 0.869. The number of benzene rings is 1. The Balaban J connectivity index is 1.93. The fraction of sp³-hybridized carbons (Fsp3) is 0.526. The Labute approximate surface area is 138 Å². The third-order valence-corrected chi connectivity index (χ3v) is 4.97. The Kier molecular flexibility index (Phi) is 4.58. The van der Waals surface area contributed by atoms with Crippen molar-refractivity contribution in [2.24, 2.45) is 0 Å². The second kappa shape index (κ2) is 6.64. The summed E-state index contributed by atoms with van der Waals surface area (Å²) >= 11 is 0. The lowest BCUT2D eigenvalue weighted by Crippen LogP contribution is -2.48. The van der Waals surface area contributed by atoms with Crippen molar-refractivity contribution in [1.82, 2.24) is 10.2 Å². The molecule has 1 atom stereocenters. The summed E-state index contributed by atoms with van der Waals surface area (Å²) in [5, 5.41) is 3.63. The molecule has 1 aliphatic carbocycles. The summed E-state index contributed by atoms with van der Waals surface area (Å²) in [7, 11) is 0. The molecule has 0 radical (unpaired) electrons. The van der Waals surface area contributed by atoms with Crippen molar-refractivity contribution in [3.05, 3.63) is 29.8 Å². The van der Waals surface area contributed by atoms with Gasteiger partial charge in [-0.2, -0.15) is 0 Å². The summed E-state index contributed by atoms with van der Waals surface area (Å²) in [6.07, 6.45) is 10.5. The molecule has 1 heterocycles. The van der Waals surface area contributed by atoms with E-state index in [9.17, 15) is 4.79 Å². The summed E-state index contributed by atoms with van der Waals surface area (Å²) in [5.41, 5.74) is 0.596. The molecule has 1 unspecified atom stereocenters. The lowest BCUT2D eigenvalue weighted by Gasteiger charge is -2.31. The van der Waals surface area contributed by atoms with Gasteiger partial charge in [0.2, 0.25) is 5.91 Å². The highest BCUT2D eigenvalue weighted by Gasteiger charge is 2.51. The Bertz CT molecular complexity index is 614. The molecule has 1 N–H and O–H groups in total. The first-order valence-electron chi connectivity index (χ1n) is 8.46. The molecule has 2 aliphatic rings. The van der Waals surface area contributed by atoms with Crippen LogP contribution in [0.2, 0.25) is 0 Å². The highest BCUT2D eigenvalue weighted by atomic mass is 16.5. The first kappa shape index (κ1) is 15.9. The summed E-state index contributed by atoms with van der Waals surface area (Å²) < 4.78 is 5.69. The van der Waals surface area contributed by atoms with Crippen LogP contribution in [-0.2, 0) is 4.79 Å². The third-order valence-electron chi connectivity index (χ3n) is 4.97. The maximum Gasteiger partial charge on any atom is 0.244 e. The standard InChI is InChI=1S/C19H24N2O2/c1-3-14-23-16-11-7-6-10-15(16)17-20-19(12-8-5-9-13-19)18(22)21(17)4-2/h1,6-7,10-11,17,20H,4-5,8-9,12-14H2,2H3. The predicted octanol–water partition coefficient (Wildman–Crippen LogP) is 2.85. The van der Waals surface area contributed by atoms with E-state index in [0.29, 0.717) is 6.54 Å². The van der Waals surface area contributed by atoms with Crippen LogP contribution < -0.4 is 10.1 Å². The molecule has 1 aliphatic heterocycles. The molecule has 1 saturated carbocycles. The molecule has 0 aromatic heterocycles. The zero-order valence-corrected chi connectivity index (χ0v) is 13.7. The van der Waals surface area contributed by atoms with E-state index in [1.54, 1.807) is 0 Å². The van der Waals surface area contributed by atoms with Gasteiger partial charge in [0.15, 0.2) is 0 Å². The monoisotopic (exact) mass is 312 g/mol. The lowest BCUT2D eigenvalue weighted by atomic mass is 9.81. The number of hydrogen-bond acceptors (Lipinski definition) is 3. The fourth-order valence-corrected chi connectivity index (χ4v) is 3.84. The van der Waals surface area contributed by atoms with Gasteiger partial charge in [0, 0.05) is 12.1 Å². The van der Waals surface area contributed by atoms with E-state index in [0.717, 1.165) is 37.0 Å². The van der Waals surface area contributed by atoms with Crippen molar-refractivity contribution < 1.29 is 9.53 Å². The van der Waals surface area contributed by atoms with Gasteiger partial charge in [0.25, 0.3) is 0 Å². The molecular weight excluding hydrogens is 288 g/mol. The van der Waals surface area contributed by atoms with Gasteiger partial charge in [-0.15, -0.1) is 6.42 Å². The molecule has 1 spiro atoms. The van der Waals surface area contributed by atoms with Gasteiger partial charge in [0.05, 0.1) is 5.54 Å². The van der Waals surface area contributed by atoms with Crippen molar-refractivity contribution in [1.29, 1.82) is 0 Å². The molecule has 4 nitrogen and oxygen atoms in total. The van der Waals surface area contributed by atoms with Crippen LogP contribution in [0.15, 0.2) is 24.3 Å². The molecular formula is C19H24N2O2. The van der Waals surface area contributed by atoms with Crippen molar-refractivity contribution in [2.75, 3.05) is 13.2 Å². The maximum absolute atomic E-state index is 13.0. The Hall–Kier alpha value is -1.99. The number of amides is 1. The second-order valence-corrected chi connectivity index (χ2v) is 6.31. The van der Waals surface area contributed by atoms with E-state index < -0.39 is 5.54 Å². The minimum atomic E-state index is -0.391. The minimum absolute atomic E-state index is 0.139. The van der Waals surface area contributed by atoms with Gasteiger partial charge < -0.3 is 9.64 Å². The molecule has 2 fully saturated rings. The van der Waals surface area contributed by atoms with Crippen LogP contribution in [0.25, 0.3) is 0 Å². The van der Waals surface area contributed by atoms with Crippen molar-refractivity contribution >= 4 is 5.91 Å². The van der Waals surface area contributed by atoms with Crippen LogP contribution in [0.3, 0.4) is 0 Å². The van der Waals surface area contributed by atoms with Gasteiger partial charge in [-0.3, -0.25) is 10.1 Å². The molecule has 23 heavy (non-hydrogen) atoms. The van der Waals surface area contributed by atoms with Gasteiger partial charge >= 0.3 is 0 Å². The molecule has 1 aromatic carbocycles. The maximum atomic E-state index is 13.0. The Morgan fingerprint density at radius 3 is 2.78 bits per heavy atom. The molecule has 1 amide bonds. The van der Waals surface area contributed by atoms with Crippen LogP contribution in [0.4, 0.5) is 0 Å². The minimum Gasteiger partial charge on any atom is -0.481 e. The van der Waals surface area contributed by atoms with Crippen LogP contribution in [0.1, 0.15) is 50.8 Å². The number of carbonyl (C=O) groups excluding carboxylic acids is 1. The number of rotatable bonds is 4. The Morgan fingerprint density at radius 1 is 1.35 bits per heavy atom. The highest BCUT2D eigenvalue weighted by molar-refractivity contribution is 5.89. The van der Waals surface area contributed by atoms with E-state index in [-0.39, 0.29) is 18.7 Å². The predicted molar refractivity (Wildman–Crippen MR) is 89.8 cm³/mol. The van der Waals surface area contributed by atoms with Crippen LogP contribution in [-0.4, -0.2) is 29.5 Å². The molecule has 0 bridgehead atoms. The average Bonchev–Trinajstić information content (AvgIpc) is 2.86. The largest absolute Gasteiger partial charge is 0.481 e. The van der Waals surface area contributed by atoms with Crippen molar-refractivity contribution in [3.8, 4) is 18.1 Å². The molecule has 122 valence electrons. The lowest BCUT2D eigenvalue weighted by molar-refractivity contribution is -0.134. The average molecular weight is 312 g/mol. The van der Waals surface area contributed by atoms with E-state index in [2.05, 4.69) is 11.2 Å². The number of ether oxygens (including phenoxy) is 1. The van der Waals surface area contributed by atoms with E-state index in [1.807, 2.05) is 36.1 Å². The number of carbonyl (C=O) groups is 1. The normalized spacial score (nSPS) is 23.0. The summed E-state index contributed by atoms with van der Waals surface area (Å²) in [6.45, 7) is 2.94. The number of terminal acetylenes is 1. The van der Waals surface area contributed by atoms with Crippen molar-refractivity contribution in [2.45, 2.75) is 50.7 Å². The van der Waals surface area contributed by atoms with Gasteiger partial charge in [-0.05, 0) is 25.8 Å².